The summed E-state index contributed by atoms with van der Waals surface area (Å²) < 4.78 is 6.83. The summed E-state index contributed by atoms with van der Waals surface area (Å²) in [5, 5.41) is 18.1. The number of aromatic nitrogens is 2. The number of nitriles is 1. The first-order valence-corrected chi connectivity index (χ1v) is 10.9. The molecule has 0 aliphatic carbocycles. The third kappa shape index (κ3) is 4.23. The summed E-state index contributed by atoms with van der Waals surface area (Å²) in [6.07, 6.45) is 4.65. The lowest BCUT2D eigenvalue weighted by atomic mass is 9.70. The third-order valence-electron chi connectivity index (χ3n) is 6.08. The van der Waals surface area contributed by atoms with Gasteiger partial charge in [-0.2, -0.15) is 5.26 Å². The quantitative estimate of drug-likeness (QED) is 0.695. The molecule has 0 N–H and O–H groups in total. The van der Waals surface area contributed by atoms with Gasteiger partial charge in [0.15, 0.2) is 0 Å². The molecule has 0 radical (unpaired) electrons. The average Bonchev–Trinajstić information content (AvgIpc) is 3.25. The smallest absolute Gasteiger partial charge is 0.207 e. The standard InChI is InChI=1S/C21H25ClN4OS/c1-20(2)11-17(27-20)21(8-7-15-3-5-16(12-23)6-4-15)9-10-26(14-21)13-18-24-25-19(22)28-18/h3-6,17H,7-11,13-14H2,1-2H3/t17?,21-/m1/s1. The fourth-order valence-electron chi connectivity index (χ4n) is 4.54. The molecule has 1 unspecified atom stereocenters. The molecular weight excluding hydrogens is 392 g/mol. The van der Waals surface area contributed by atoms with Crippen LogP contribution in [0.25, 0.3) is 0 Å². The minimum absolute atomic E-state index is 0.00766. The van der Waals surface area contributed by atoms with Gasteiger partial charge in [-0.15, -0.1) is 10.2 Å². The third-order valence-corrected chi connectivity index (χ3v) is 7.08. The van der Waals surface area contributed by atoms with Crippen LogP contribution in [-0.4, -0.2) is 39.9 Å². The lowest BCUT2D eigenvalue weighted by Gasteiger charge is -2.52. The summed E-state index contributed by atoms with van der Waals surface area (Å²) in [5.41, 5.74) is 2.15. The average molecular weight is 417 g/mol. The molecule has 3 heterocycles. The highest BCUT2D eigenvalue weighted by molar-refractivity contribution is 7.15. The molecule has 2 aliphatic rings. The van der Waals surface area contributed by atoms with Crippen molar-refractivity contribution in [3.63, 3.8) is 0 Å². The summed E-state index contributed by atoms with van der Waals surface area (Å²) in [4.78, 5) is 2.46. The molecule has 2 saturated heterocycles. The van der Waals surface area contributed by atoms with Crippen molar-refractivity contribution in [3.05, 3.63) is 44.9 Å². The van der Waals surface area contributed by atoms with Crippen molar-refractivity contribution in [2.24, 2.45) is 5.41 Å². The fourth-order valence-corrected chi connectivity index (χ4v) is 5.45. The summed E-state index contributed by atoms with van der Waals surface area (Å²) in [6.45, 7) is 7.22. The monoisotopic (exact) mass is 416 g/mol. The maximum Gasteiger partial charge on any atom is 0.207 e. The second-order valence-electron chi connectivity index (χ2n) is 8.65. The van der Waals surface area contributed by atoms with Crippen LogP contribution in [0.3, 0.4) is 0 Å². The van der Waals surface area contributed by atoms with E-state index in [9.17, 15) is 0 Å². The van der Waals surface area contributed by atoms with Crippen molar-refractivity contribution in [2.75, 3.05) is 13.1 Å². The molecule has 0 spiro atoms. The number of ether oxygens (including phenoxy) is 1. The van der Waals surface area contributed by atoms with Crippen LogP contribution in [-0.2, 0) is 17.7 Å². The van der Waals surface area contributed by atoms with Crippen LogP contribution in [0.5, 0.6) is 0 Å². The van der Waals surface area contributed by atoms with E-state index in [4.69, 9.17) is 21.6 Å². The Labute approximate surface area is 175 Å². The van der Waals surface area contributed by atoms with Crippen molar-refractivity contribution in [1.82, 2.24) is 15.1 Å². The van der Waals surface area contributed by atoms with Crippen LogP contribution in [0.4, 0.5) is 0 Å². The molecule has 2 aliphatic heterocycles. The van der Waals surface area contributed by atoms with Crippen LogP contribution < -0.4 is 0 Å². The molecule has 0 bridgehead atoms. The van der Waals surface area contributed by atoms with Crippen LogP contribution in [0.1, 0.15) is 49.2 Å². The predicted molar refractivity (Wildman–Crippen MR) is 110 cm³/mol. The van der Waals surface area contributed by atoms with Crippen LogP contribution in [0, 0.1) is 16.7 Å². The first kappa shape index (κ1) is 19.8. The van der Waals surface area contributed by atoms with Gasteiger partial charge in [-0.25, -0.2) is 0 Å². The molecule has 1 aromatic carbocycles. The summed E-state index contributed by atoms with van der Waals surface area (Å²) in [7, 11) is 0. The van der Waals surface area contributed by atoms with Gasteiger partial charge >= 0.3 is 0 Å². The van der Waals surface area contributed by atoms with Gasteiger partial charge < -0.3 is 4.74 Å². The van der Waals surface area contributed by atoms with E-state index in [1.54, 1.807) is 0 Å². The Morgan fingerprint density at radius 1 is 1.32 bits per heavy atom. The zero-order chi connectivity index (χ0) is 19.8. The van der Waals surface area contributed by atoms with Gasteiger partial charge in [-0.1, -0.05) is 23.5 Å². The number of hydrogen-bond acceptors (Lipinski definition) is 6. The highest BCUT2D eigenvalue weighted by atomic mass is 35.5. The first-order valence-electron chi connectivity index (χ1n) is 9.75. The topological polar surface area (TPSA) is 62.0 Å². The first-order chi connectivity index (χ1) is 13.4. The fraction of sp³-hybridized carbons (Fsp3) is 0.571. The molecule has 2 atom stereocenters. The SMILES string of the molecule is CC1(C)CC([C@]2(CCc3ccc(C#N)cc3)CCN(Cc3nnc(Cl)s3)C2)O1. The number of halogens is 1. The molecule has 2 fully saturated rings. The summed E-state index contributed by atoms with van der Waals surface area (Å²) >= 11 is 7.40. The van der Waals surface area contributed by atoms with Crippen molar-refractivity contribution in [1.29, 1.82) is 5.26 Å². The van der Waals surface area contributed by atoms with Crippen LogP contribution in [0.15, 0.2) is 24.3 Å². The van der Waals surface area contributed by atoms with Gasteiger partial charge in [0.1, 0.15) is 5.01 Å². The molecule has 4 rings (SSSR count). The van der Waals surface area contributed by atoms with Crippen molar-refractivity contribution < 1.29 is 4.74 Å². The minimum atomic E-state index is -0.00766. The van der Waals surface area contributed by atoms with Gasteiger partial charge in [0.05, 0.1) is 29.9 Å². The minimum Gasteiger partial charge on any atom is -0.372 e. The van der Waals surface area contributed by atoms with E-state index in [2.05, 4.69) is 47.1 Å². The Kier molecular flexibility index (Phi) is 5.45. The number of benzene rings is 1. The second-order valence-corrected chi connectivity index (χ2v) is 10.3. The molecule has 28 heavy (non-hydrogen) atoms. The summed E-state index contributed by atoms with van der Waals surface area (Å²) in [5.74, 6) is 0. The van der Waals surface area contributed by atoms with Gasteiger partial charge in [0.25, 0.3) is 0 Å². The van der Waals surface area contributed by atoms with Gasteiger partial charge in [0.2, 0.25) is 4.47 Å². The highest BCUT2D eigenvalue weighted by Gasteiger charge is 2.52. The molecule has 0 saturated carbocycles. The Morgan fingerprint density at radius 2 is 2.07 bits per heavy atom. The van der Waals surface area contributed by atoms with Gasteiger partial charge in [0, 0.05) is 18.4 Å². The normalized spacial score (nSPS) is 26.7. The van der Waals surface area contributed by atoms with E-state index in [1.807, 2.05) is 12.1 Å². The number of nitrogens with zero attached hydrogens (tertiary/aromatic N) is 4. The van der Waals surface area contributed by atoms with Crippen molar-refractivity contribution in [2.45, 2.75) is 57.8 Å². The number of likely N-dealkylation sites (tertiary alicyclic amines) is 1. The van der Waals surface area contributed by atoms with E-state index >= 15 is 0 Å². The van der Waals surface area contributed by atoms with Crippen molar-refractivity contribution >= 4 is 22.9 Å². The molecule has 2 aromatic rings. The number of hydrogen-bond donors (Lipinski definition) is 0. The molecule has 148 valence electrons. The lowest BCUT2D eigenvalue weighted by Crippen LogP contribution is -2.55. The molecule has 0 amide bonds. The highest BCUT2D eigenvalue weighted by Crippen LogP contribution is 2.49. The lowest BCUT2D eigenvalue weighted by molar-refractivity contribution is -0.230. The van der Waals surface area contributed by atoms with E-state index in [0.29, 0.717) is 16.1 Å². The Bertz CT molecular complexity index is 867. The predicted octanol–water partition coefficient (Wildman–Crippen LogP) is 4.46. The Balaban J connectivity index is 1.45. The molecular formula is C21H25ClN4OS. The number of rotatable bonds is 6. The van der Waals surface area contributed by atoms with Crippen molar-refractivity contribution in [3.8, 4) is 6.07 Å². The molecule has 1 aromatic heterocycles. The molecule has 5 nitrogen and oxygen atoms in total. The van der Waals surface area contributed by atoms with E-state index in [-0.39, 0.29) is 11.0 Å². The van der Waals surface area contributed by atoms with E-state index < -0.39 is 0 Å². The van der Waals surface area contributed by atoms with Gasteiger partial charge in [-0.05, 0) is 69.0 Å². The zero-order valence-electron chi connectivity index (χ0n) is 16.3. The van der Waals surface area contributed by atoms with Crippen LogP contribution in [0.2, 0.25) is 4.47 Å². The summed E-state index contributed by atoms with van der Waals surface area (Å²) in [6, 6.07) is 10.2. The van der Waals surface area contributed by atoms with Crippen LogP contribution >= 0.6 is 22.9 Å². The Hall–Kier alpha value is -1.52. The molecule has 7 heteroatoms. The van der Waals surface area contributed by atoms with Gasteiger partial charge in [-0.3, -0.25) is 4.90 Å². The van der Waals surface area contributed by atoms with E-state index in [0.717, 1.165) is 50.3 Å². The number of aryl methyl sites for hydroxylation is 1. The maximum absolute atomic E-state index is 9.00. The Morgan fingerprint density at radius 3 is 2.68 bits per heavy atom. The maximum atomic E-state index is 9.00. The largest absolute Gasteiger partial charge is 0.372 e. The second kappa shape index (κ2) is 7.72. The zero-order valence-corrected chi connectivity index (χ0v) is 17.9. The van der Waals surface area contributed by atoms with E-state index in [1.165, 1.54) is 16.9 Å².